The zero-order chi connectivity index (χ0) is 12.2. The van der Waals surface area contributed by atoms with Crippen LogP contribution in [-0.2, 0) is 5.41 Å². The average molecular weight is 287 g/mol. The molecule has 0 heterocycles. The van der Waals surface area contributed by atoms with E-state index in [1.165, 1.54) is 5.56 Å². The average Bonchev–Trinajstić information content (AvgIpc) is 2.27. The molecule has 0 aliphatic rings. The first kappa shape index (κ1) is 13.5. The van der Waals surface area contributed by atoms with Gasteiger partial charge in [-0.05, 0) is 51.9 Å². The summed E-state index contributed by atoms with van der Waals surface area (Å²) in [4.78, 5) is 0. The second-order valence-corrected chi connectivity index (χ2v) is 5.41. The quantitative estimate of drug-likeness (QED) is 0.898. The summed E-state index contributed by atoms with van der Waals surface area (Å²) in [6.07, 6.45) is 1.79. The van der Waals surface area contributed by atoms with Gasteiger partial charge >= 0.3 is 0 Å². The fraction of sp³-hybridized carbons (Fsp3) is 0.538. The molecule has 0 fully saturated rings. The van der Waals surface area contributed by atoms with Crippen LogP contribution in [0.4, 0.5) is 0 Å². The summed E-state index contributed by atoms with van der Waals surface area (Å²) < 4.78 is 6.26. The summed E-state index contributed by atoms with van der Waals surface area (Å²) in [6, 6.07) is 6.17. The maximum Gasteiger partial charge on any atom is 0.133 e. The number of hydrogen-bond donors (Lipinski definition) is 1. The Morgan fingerprint density at radius 2 is 2.06 bits per heavy atom. The molecular formula is C13H19BrO2. The van der Waals surface area contributed by atoms with Crippen molar-refractivity contribution in [2.45, 2.75) is 32.1 Å². The van der Waals surface area contributed by atoms with Crippen LogP contribution in [0.25, 0.3) is 0 Å². The Morgan fingerprint density at radius 3 is 2.62 bits per heavy atom. The molecule has 3 heteroatoms. The summed E-state index contributed by atoms with van der Waals surface area (Å²) in [5.41, 5.74) is 1.30. The van der Waals surface area contributed by atoms with Crippen LogP contribution in [0.3, 0.4) is 0 Å². The largest absolute Gasteiger partial charge is 0.496 e. The van der Waals surface area contributed by atoms with Crippen molar-refractivity contribution in [3.05, 3.63) is 28.2 Å². The lowest BCUT2D eigenvalue weighted by atomic mass is 9.80. The first-order valence-electron chi connectivity index (χ1n) is 5.46. The lowest BCUT2D eigenvalue weighted by Crippen LogP contribution is -2.17. The van der Waals surface area contributed by atoms with Gasteiger partial charge in [0.05, 0.1) is 11.6 Å². The number of methoxy groups -OCH3 is 1. The Kier molecular flexibility index (Phi) is 4.81. The molecule has 0 amide bonds. The number of aliphatic hydroxyl groups is 1. The number of halogens is 1. The minimum Gasteiger partial charge on any atom is -0.496 e. The number of benzene rings is 1. The van der Waals surface area contributed by atoms with Crippen molar-refractivity contribution in [2.24, 2.45) is 0 Å². The van der Waals surface area contributed by atoms with Crippen molar-refractivity contribution >= 4 is 15.9 Å². The van der Waals surface area contributed by atoms with E-state index in [0.29, 0.717) is 0 Å². The summed E-state index contributed by atoms with van der Waals surface area (Å²) in [5.74, 6) is 0.856. The van der Waals surface area contributed by atoms with E-state index in [2.05, 4.69) is 41.9 Å². The standard InChI is InChI=1S/C13H19BrO2/c1-13(2,7-4-8-15)10-5-6-11(14)12(9-10)16-3/h5-6,9,15H,4,7-8H2,1-3H3. The number of rotatable bonds is 5. The highest BCUT2D eigenvalue weighted by molar-refractivity contribution is 9.10. The van der Waals surface area contributed by atoms with Crippen molar-refractivity contribution in [2.75, 3.05) is 13.7 Å². The van der Waals surface area contributed by atoms with Gasteiger partial charge in [-0.3, -0.25) is 0 Å². The van der Waals surface area contributed by atoms with E-state index in [9.17, 15) is 0 Å². The van der Waals surface area contributed by atoms with Gasteiger partial charge in [0, 0.05) is 6.61 Å². The lowest BCUT2D eigenvalue weighted by Gasteiger charge is -2.25. The van der Waals surface area contributed by atoms with E-state index in [4.69, 9.17) is 9.84 Å². The molecule has 1 aromatic rings. The third kappa shape index (κ3) is 3.22. The number of hydrogen-bond acceptors (Lipinski definition) is 2. The van der Waals surface area contributed by atoms with Gasteiger partial charge in [0.25, 0.3) is 0 Å². The Bertz CT molecular complexity index is 348. The zero-order valence-corrected chi connectivity index (χ0v) is 11.7. The molecule has 0 aliphatic carbocycles. The number of ether oxygens (including phenoxy) is 1. The molecule has 0 atom stereocenters. The summed E-state index contributed by atoms with van der Waals surface area (Å²) >= 11 is 3.44. The van der Waals surface area contributed by atoms with E-state index in [1.54, 1.807) is 7.11 Å². The molecule has 0 aromatic heterocycles. The number of aliphatic hydroxyl groups excluding tert-OH is 1. The van der Waals surface area contributed by atoms with Crippen LogP contribution in [0.1, 0.15) is 32.3 Å². The van der Waals surface area contributed by atoms with Gasteiger partial charge in [-0.2, -0.15) is 0 Å². The Balaban J connectivity index is 2.94. The predicted octanol–water partition coefficient (Wildman–Crippen LogP) is 3.51. The second kappa shape index (κ2) is 5.69. The van der Waals surface area contributed by atoms with E-state index in [1.807, 2.05) is 6.07 Å². The molecule has 1 N–H and O–H groups in total. The molecule has 0 saturated heterocycles. The maximum atomic E-state index is 8.89. The monoisotopic (exact) mass is 286 g/mol. The second-order valence-electron chi connectivity index (χ2n) is 4.56. The van der Waals surface area contributed by atoms with Gasteiger partial charge in [-0.15, -0.1) is 0 Å². The predicted molar refractivity (Wildman–Crippen MR) is 70.0 cm³/mol. The molecule has 0 radical (unpaired) electrons. The van der Waals surface area contributed by atoms with Crippen LogP contribution in [-0.4, -0.2) is 18.8 Å². The maximum absolute atomic E-state index is 8.89. The fourth-order valence-electron chi connectivity index (χ4n) is 1.75. The van der Waals surface area contributed by atoms with Crippen molar-refractivity contribution < 1.29 is 9.84 Å². The van der Waals surface area contributed by atoms with Crippen molar-refractivity contribution in [3.63, 3.8) is 0 Å². The SMILES string of the molecule is COc1cc(C(C)(C)CCCO)ccc1Br. The van der Waals surface area contributed by atoms with Crippen molar-refractivity contribution in [3.8, 4) is 5.75 Å². The van der Waals surface area contributed by atoms with Gasteiger partial charge in [-0.25, -0.2) is 0 Å². The fourth-order valence-corrected chi connectivity index (χ4v) is 2.15. The molecule has 0 saturated carbocycles. The van der Waals surface area contributed by atoms with Crippen LogP contribution in [0, 0.1) is 0 Å². The highest BCUT2D eigenvalue weighted by atomic mass is 79.9. The van der Waals surface area contributed by atoms with Gasteiger partial charge in [0.15, 0.2) is 0 Å². The van der Waals surface area contributed by atoms with Crippen LogP contribution in [0.15, 0.2) is 22.7 Å². The third-order valence-corrected chi connectivity index (χ3v) is 3.55. The molecule has 0 unspecified atom stereocenters. The van der Waals surface area contributed by atoms with Gasteiger partial charge in [0.1, 0.15) is 5.75 Å². The summed E-state index contributed by atoms with van der Waals surface area (Å²) in [7, 11) is 1.67. The van der Waals surface area contributed by atoms with Crippen molar-refractivity contribution in [1.29, 1.82) is 0 Å². The Morgan fingerprint density at radius 1 is 1.38 bits per heavy atom. The lowest BCUT2D eigenvalue weighted by molar-refractivity contribution is 0.268. The molecule has 0 aliphatic heterocycles. The minimum absolute atomic E-state index is 0.0662. The summed E-state index contributed by atoms with van der Waals surface area (Å²) in [6.45, 7) is 4.62. The molecule has 1 rings (SSSR count). The molecule has 16 heavy (non-hydrogen) atoms. The van der Waals surface area contributed by atoms with Crippen LogP contribution >= 0.6 is 15.9 Å². The van der Waals surface area contributed by atoms with Crippen LogP contribution in [0.5, 0.6) is 5.75 Å². The molecule has 1 aromatic carbocycles. The first-order chi connectivity index (χ1) is 7.51. The topological polar surface area (TPSA) is 29.5 Å². The Labute approximate surface area is 106 Å². The van der Waals surface area contributed by atoms with Crippen LogP contribution in [0.2, 0.25) is 0 Å². The molecule has 0 bridgehead atoms. The molecule has 2 nitrogen and oxygen atoms in total. The third-order valence-electron chi connectivity index (χ3n) is 2.89. The minimum atomic E-state index is 0.0662. The highest BCUT2D eigenvalue weighted by Crippen LogP contribution is 2.34. The Hall–Kier alpha value is -0.540. The van der Waals surface area contributed by atoms with Gasteiger partial charge in [-0.1, -0.05) is 19.9 Å². The van der Waals surface area contributed by atoms with E-state index in [-0.39, 0.29) is 12.0 Å². The van der Waals surface area contributed by atoms with Crippen molar-refractivity contribution in [1.82, 2.24) is 0 Å². The normalized spacial score (nSPS) is 11.6. The zero-order valence-electron chi connectivity index (χ0n) is 10.1. The smallest absolute Gasteiger partial charge is 0.133 e. The summed E-state index contributed by atoms with van der Waals surface area (Å²) in [5, 5.41) is 8.89. The van der Waals surface area contributed by atoms with E-state index >= 15 is 0 Å². The molecular weight excluding hydrogens is 268 g/mol. The molecule has 0 spiro atoms. The van der Waals surface area contributed by atoms with Gasteiger partial charge < -0.3 is 9.84 Å². The molecule has 90 valence electrons. The van der Waals surface area contributed by atoms with E-state index in [0.717, 1.165) is 23.1 Å². The van der Waals surface area contributed by atoms with Gasteiger partial charge in [0.2, 0.25) is 0 Å². The van der Waals surface area contributed by atoms with Crippen LogP contribution < -0.4 is 4.74 Å². The highest BCUT2D eigenvalue weighted by Gasteiger charge is 2.21. The first-order valence-corrected chi connectivity index (χ1v) is 6.25. The van der Waals surface area contributed by atoms with E-state index < -0.39 is 0 Å².